The monoisotopic (exact) mass is 453 g/mol. The van der Waals surface area contributed by atoms with E-state index in [2.05, 4.69) is 21.2 Å². The van der Waals surface area contributed by atoms with E-state index in [1.54, 1.807) is 18.2 Å². The molecule has 6 heteroatoms. The zero-order valence-corrected chi connectivity index (χ0v) is 13.9. The number of rotatable bonds is 2. The average molecular weight is 454 g/mol. The van der Waals surface area contributed by atoms with E-state index in [0.29, 0.717) is 19.8 Å². The van der Waals surface area contributed by atoms with Crippen LogP contribution in [0, 0.1) is 9.39 Å². The third-order valence-electron chi connectivity index (χ3n) is 2.36. The molecular formula is C13H7BrClFINO. The van der Waals surface area contributed by atoms with Gasteiger partial charge in [-0.05, 0) is 59.0 Å². The van der Waals surface area contributed by atoms with Gasteiger partial charge in [-0.15, -0.1) is 0 Å². The van der Waals surface area contributed by atoms with Crippen LogP contribution < -0.4 is 5.32 Å². The molecule has 2 rings (SSSR count). The lowest BCUT2D eigenvalue weighted by Gasteiger charge is -2.09. The fourth-order valence-electron chi connectivity index (χ4n) is 1.45. The zero-order chi connectivity index (χ0) is 14.0. The molecule has 0 bridgehead atoms. The van der Waals surface area contributed by atoms with E-state index in [9.17, 15) is 9.18 Å². The summed E-state index contributed by atoms with van der Waals surface area (Å²) in [5, 5.41) is 3.13. The van der Waals surface area contributed by atoms with Crippen molar-refractivity contribution in [2.24, 2.45) is 0 Å². The maximum atomic E-state index is 13.0. The van der Waals surface area contributed by atoms with Crippen LogP contribution in [0.4, 0.5) is 10.1 Å². The summed E-state index contributed by atoms with van der Waals surface area (Å²) < 4.78 is 14.4. The van der Waals surface area contributed by atoms with Crippen LogP contribution >= 0.6 is 50.1 Å². The Hall–Kier alpha value is -0.660. The Morgan fingerprint density at radius 2 is 2.00 bits per heavy atom. The fourth-order valence-corrected chi connectivity index (χ4v) is 2.90. The highest BCUT2D eigenvalue weighted by Crippen LogP contribution is 2.26. The van der Waals surface area contributed by atoms with Gasteiger partial charge in [-0.2, -0.15) is 0 Å². The van der Waals surface area contributed by atoms with Crippen molar-refractivity contribution in [2.45, 2.75) is 0 Å². The van der Waals surface area contributed by atoms with E-state index in [4.69, 9.17) is 11.6 Å². The Bertz CT molecular complexity index is 651. The first-order valence-electron chi connectivity index (χ1n) is 5.19. The number of carbonyl (C=O) groups is 1. The lowest BCUT2D eigenvalue weighted by atomic mass is 10.2. The summed E-state index contributed by atoms with van der Waals surface area (Å²) in [6, 6.07) is 9.16. The molecule has 0 radical (unpaired) electrons. The van der Waals surface area contributed by atoms with Gasteiger partial charge >= 0.3 is 0 Å². The smallest absolute Gasteiger partial charge is 0.256 e. The van der Waals surface area contributed by atoms with Crippen LogP contribution in [-0.4, -0.2) is 5.91 Å². The molecule has 0 fully saturated rings. The van der Waals surface area contributed by atoms with Crippen LogP contribution in [0.5, 0.6) is 0 Å². The second kappa shape index (κ2) is 6.19. The molecule has 0 aliphatic carbocycles. The number of nitrogens with one attached hydrogen (secondary N) is 1. The third-order valence-corrected chi connectivity index (χ3v) is 4.05. The number of hydrogen-bond acceptors (Lipinski definition) is 1. The van der Waals surface area contributed by atoms with Gasteiger partial charge in [-0.25, -0.2) is 4.39 Å². The van der Waals surface area contributed by atoms with Crippen molar-refractivity contribution in [1.29, 1.82) is 0 Å². The van der Waals surface area contributed by atoms with Gasteiger partial charge in [0.1, 0.15) is 5.82 Å². The summed E-state index contributed by atoms with van der Waals surface area (Å²) in [6.45, 7) is 0. The van der Waals surface area contributed by atoms with Gasteiger partial charge in [-0.3, -0.25) is 4.79 Å². The Morgan fingerprint density at radius 1 is 1.26 bits per heavy atom. The molecule has 0 atom stereocenters. The molecule has 0 unspecified atom stereocenters. The van der Waals surface area contributed by atoms with Crippen molar-refractivity contribution < 1.29 is 9.18 Å². The molecule has 2 nitrogen and oxygen atoms in total. The topological polar surface area (TPSA) is 29.1 Å². The van der Waals surface area contributed by atoms with E-state index >= 15 is 0 Å². The first-order chi connectivity index (χ1) is 8.97. The molecule has 0 heterocycles. The van der Waals surface area contributed by atoms with Crippen molar-refractivity contribution in [3.8, 4) is 0 Å². The molecule has 2 aromatic carbocycles. The minimum Gasteiger partial charge on any atom is -0.321 e. The molecule has 0 aliphatic heterocycles. The molecule has 0 aromatic heterocycles. The van der Waals surface area contributed by atoms with Crippen molar-refractivity contribution in [3.63, 3.8) is 0 Å². The Kier molecular flexibility index (Phi) is 4.81. The predicted octanol–water partition coefficient (Wildman–Crippen LogP) is 5.10. The van der Waals surface area contributed by atoms with Gasteiger partial charge in [0.15, 0.2) is 0 Å². The number of amides is 1. The van der Waals surface area contributed by atoms with Crippen LogP contribution in [-0.2, 0) is 0 Å². The summed E-state index contributed by atoms with van der Waals surface area (Å²) in [6.07, 6.45) is 0. The zero-order valence-electron chi connectivity index (χ0n) is 9.38. The predicted molar refractivity (Wildman–Crippen MR) is 86.2 cm³/mol. The summed E-state index contributed by atoms with van der Waals surface area (Å²) in [5.74, 6) is -0.698. The minimum atomic E-state index is -0.373. The average Bonchev–Trinajstić information content (AvgIpc) is 2.32. The summed E-state index contributed by atoms with van der Waals surface area (Å²) in [5.41, 5.74) is 0.913. The summed E-state index contributed by atoms with van der Waals surface area (Å²) >= 11 is 11.2. The van der Waals surface area contributed by atoms with E-state index in [0.717, 1.165) is 4.47 Å². The normalized spacial score (nSPS) is 10.3. The maximum absolute atomic E-state index is 13.0. The highest BCUT2D eigenvalue weighted by molar-refractivity contribution is 14.1. The van der Waals surface area contributed by atoms with E-state index < -0.39 is 0 Å². The number of halogens is 4. The molecule has 0 spiro atoms. The molecule has 19 heavy (non-hydrogen) atoms. The number of carbonyl (C=O) groups excluding carboxylic acids is 1. The minimum absolute atomic E-state index is 0.325. The number of benzene rings is 2. The molecular weight excluding hydrogens is 447 g/mol. The van der Waals surface area contributed by atoms with Gasteiger partial charge in [-0.1, -0.05) is 27.5 Å². The van der Waals surface area contributed by atoms with Crippen LogP contribution in [0.1, 0.15) is 10.4 Å². The molecule has 1 N–H and O–H groups in total. The second-order valence-electron chi connectivity index (χ2n) is 3.70. The van der Waals surface area contributed by atoms with Gasteiger partial charge in [0.25, 0.3) is 5.91 Å². The lowest BCUT2D eigenvalue weighted by Crippen LogP contribution is -2.13. The highest BCUT2D eigenvalue weighted by atomic mass is 127. The second-order valence-corrected chi connectivity index (χ2v) is 6.19. The van der Waals surface area contributed by atoms with Gasteiger partial charge in [0.05, 0.1) is 16.3 Å². The molecule has 0 saturated carbocycles. The maximum Gasteiger partial charge on any atom is 0.256 e. The van der Waals surface area contributed by atoms with Crippen LogP contribution in [0.25, 0.3) is 0 Å². The van der Waals surface area contributed by atoms with Gasteiger partial charge < -0.3 is 5.32 Å². The quantitative estimate of drug-likeness (QED) is 0.629. The number of anilines is 1. The SMILES string of the molecule is O=C(Nc1ccc(Br)cc1Cl)c1ccc(F)cc1I. The van der Waals surface area contributed by atoms with Crippen molar-refractivity contribution in [3.05, 3.63) is 60.8 Å². The first kappa shape index (κ1) is 14.7. The summed E-state index contributed by atoms with van der Waals surface area (Å²) in [7, 11) is 0. The third kappa shape index (κ3) is 3.67. The van der Waals surface area contributed by atoms with E-state index in [-0.39, 0.29) is 11.7 Å². The van der Waals surface area contributed by atoms with Crippen molar-refractivity contribution in [1.82, 2.24) is 0 Å². The van der Waals surface area contributed by atoms with E-state index in [1.165, 1.54) is 18.2 Å². The largest absolute Gasteiger partial charge is 0.321 e. The lowest BCUT2D eigenvalue weighted by molar-refractivity contribution is 0.102. The van der Waals surface area contributed by atoms with Crippen LogP contribution in [0.15, 0.2) is 40.9 Å². The van der Waals surface area contributed by atoms with Gasteiger partial charge in [0, 0.05) is 8.04 Å². The van der Waals surface area contributed by atoms with Crippen LogP contribution in [0.3, 0.4) is 0 Å². The fraction of sp³-hybridized carbons (Fsp3) is 0. The molecule has 0 aliphatic rings. The first-order valence-corrected chi connectivity index (χ1v) is 7.44. The van der Waals surface area contributed by atoms with Crippen molar-refractivity contribution in [2.75, 3.05) is 5.32 Å². The molecule has 0 saturated heterocycles. The van der Waals surface area contributed by atoms with E-state index in [1.807, 2.05) is 22.6 Å². The Labute approximate surface area is 136 Å². The molecule has 98 valence electrons. The molecule has 2 aromatic rings. The van der Waals surface area contributed by atoms with Crippen molar-refractivity contribution >= 4 is 61.7 Å². The van der Waals surface area contributed by atoms with Gasteiger partial charge in [0.2, 0.25) is 0 Å². The molecule has 1 amide bonds. The summed E-state index contributed by atoms with van der Waals surface area (Å²) in [4.78, 5) is 12.1. The van der Waals surface area contributed by atoms with Crippen LogP contribution in [0.2, 0.25) is 5.02 Å². The Balaban J connectivity index is 2.25. The Morgan fingerprint density at radius 3 is 2.63 bits per heavy atom. The number of hydrogen-bond donors (Lipinski definition) is 1. The standard InChI is InChI=1S/C13H7BrClFINO/c14-7-1-4-12(10(15)5-7)18-13(19)9-3-2-8(16)6-11(9)17/h1-6H,(H,18,19). The highest BCUT2D eigenvalue weighted by Gasteiger charge is 2.12.